The smallest absolute Gasteiger partial charge is 0.332 e. The Labute approximate surface area is 279 Å². The predicted octanol–water partition coefficient (Wildman–Crippen LogP) is 4.16. The van der Waals surface area contributed by atoms with Gasteiger partial charge < -0.3 is 24.3 Å². The minimum Gasteiger partial charge on any atom is -0.496 e. The van der Waals surface area contributed by atoms with Crippen LogP contribution in [0.25, 0.3) is 0 Å². The van der Waals surface area contributed by atoms with Crippen molar-refractivity contribution in [1.82, 2.24) is 14.1 Å². The molecule has 12 nitrogen and oxygen atoms in total. The van der Waals surface area contributed by atoms with Crippen molar-refractivity contribution >= 4 is 29.0 Å². The zero-order valence-corrected chi connectivity index (χ0v) is 27.5. The Morgan fingerprint density at radius 2 is 1.77 bits per heavy atom. The van der Waals surface area contributed by atoms with Gasteiger partial charge in [0.15, 0.2) is 5.75 Å². The lowest BCUT2D eigenvalue weighted by atomic mass is 9.66. The number of fused-ring (bicyclic) bond motifs is 2. The minimum atomic E-state index is -2.01. The Balaban J connectivity index is 1.41. The van der Waals surface area contributed by atoms with E-state index in [-0.39, 0.29) is 57.8 Å². The van der Waals surface area contributed by atoms with E-state index in [1.165, 1.54) is 31.9 Å². The molecule has 0 saturated heterocycles. The molecule has 1 unspecified atom stereocenters. The number of ether oxygens (including phenoxy) is 4. The van der Waals surface area contributed by atoms with Crippen molar-refractivity contribution in [3.63, 3.8) is 0 Å². The van der Waals surface area contributed by atoms with Crippen molar-refractivity contribution < 1.29 is 28.5 Å². The molecule has 246 valence electrons. The average Bonchev–Trinajstić information content (AvgIpc) is 3.42. The fraction of sp³-hybridized carbons (Fsp3) is 0.286. The molecule has 48 heavy (non-hydrogen) atoms. The number of halogens is 1. The van der Waals surface area contributed by atoms with E-state index in [2.05, 4.69) is 10.3 Å². The van der Waals surface area contributed by atoms with E-state index >= 15 is 4.79 Å². The van der Waals surface area contributed by atoms with Crippen LogP contribution in [0.5, 0.6) is 23.0 Å². The maximum atomic E-state index is 15.1. The van der Waals surface area contributed by atoms with E-state index in [9.17, 15) is 14.4 Å². The molecule has 0 amide bonds. The Morgan fingerprint density at radius 1 is 1.00 bits per heavy atom. The van der Waals surface area contributed by atoms with Gasteiger partial charge in [0.1, 0.15) is 40.3 Å². The van der Waals surface area contributed by atoms with Crippen LogP contribution >= 0.6 is 11.6 Å². The number of hydrogen-bond donors (Lipinski definition) is 1. The van der Waals surface area contributed by atoms with Gasteiger partial charge in [0.05, 0.1) is 25.5 Å². The van der Waals surface area contributed by atoms with Gasteiger partial charge in [-0.1, -0.05) is 36.7 Å². The number of nitrogens with zero attached hydrogens (tertiary/aromatic N) is 3. The number of allylic oxidation sites excluding steroid dienone is 1. The average molecular weight is 671 g/mol. The third-order valence-corrected chi connectivity index (χ3v) is 9.74. The van der Waals surface area contributed by atoms with Gasteiger partial charge in [0, 0.05) is 49.5 Å². The molecular weight excluding hydrogens is 640 g/mol. The maximum absolute atomic E-state index is 15.1. The Kier molecular flexibility index (Phi) is 7.43. The van der Waals surface area contributed by atoms with Crippen LogP contribution in [0.15, 0.2) is 75.6 Å². The molecule has 0 fully saturated rings. The second kappa shape index (κ2) is 11.4. The normalized spacial score (nSPS) is 20.9. The first-order valence-electron chi connectivity index (χ1n) is 15.2. The molecule has 3 atom stereocenters. The molecule has 1 aliphatic carbocycles. The van der Waals surface area contributed by atoms with Crippen molar-refractivity contribution in [2.24, 2.45) is 20.0 Å². The highest BCUT2D eigenvalue weighted by Gasteiger charge is 2.63. The van der Waals surface area contributed by atoms with Gasteiger partial charge in [-0.25, -0.2) is 4.79 Å². The predicted molar refractivity (Wildman–Crippen MR) is 175 cm³/mol. The number of anilines is 1. The summed E-state index contributed by atoms with van der Waals surface area (Å²) in [7, 11) is 5.75. The number of methoxy groups -OCH3 is 2. The quantitative estimate of drug-likeness (QED) is 0.298. The summed E-state index contributed by atoms with van der Waals surface area (Å²) in [5.74, 6) is -1.83. The summed E-state index contributed by atoms with van der Waals surface area (Å²) >= 11 is 6.65. The Morgan fingerprint density at radius 3 is 2.48 bits per heavy atom. The largest absolute Gasteiger partial charge is 0.496 e. The highest BCUT2D eigenvalue weighted by molar-refractivity contribution is 6.36. The number of ketones is 2. The molecule has 7 rings (SSSR count). The highest BCUT2D eigenvalue weighted by atomic mass is 35.5. The maximum Gasteiger partial charge on any atom is 0.332 e. The summed E-state index contributed by atoms with van der Waals surface area (Å²) in [5, 5.41) is 3.25. The number of aromatic nitrogens is 3. The fourth-order valence-electron chi connectivity index (χ4n) is 6.95. The Bertz CT molecular complexity index is 2190. The van der Waals surface area contributed by atoms with Gasteiger partial charge in [-0.15, -0.1) is 0 Å². The molecule has 4 aromatic rings. The molecule has 0 saturated carbocycles. The zero-order chi connectivity index (χ0) is 34.1. The van der Waals surface area contributed by atoms with Gasteiger partial charge in [-0.3, -0.25) is 28.5 Å². The third kappa shape index (κ3) is 4.39. The van der Waals surface area contributed by atoms with Crippen LogP contribution in [-0.4, -0.2) is 45.5 Å². The SMILES string of the molecule is COc1cc(OC)c2c(c1Cl)O[C@@]1(C(=O)C3=C(C[C@H]1C)Nc1c(c(=O)n(C)c(=O)n1C)C3c1cccc(OCc3ccccn3)c1)C2=O. The number of pyridine rings is 1. The van der Waals surface area contributed by atoms with Crippen LogP contribution < -0.4 is 35.5 Å². The molecule has 1 N–H and O–H groups in total. The lowest BCUT2D eigenvalue weighted by Crippen LogP contribution is -2.58. The van der Waals surface area contributed by atoms with Gasteiger partial charge in [-0.2, -0.15) is 0 Å². The number of carbonyl (C=O) groups excluding carboxylic acids is 2. The van der Waals surface area contributed by atoms with Gasteiger partial charge in [0.2, 0.25) is 17.2 Å². The summed E-state index contributed by atoms with van der Waals surface area (Å²) in [5.41, 5.74) is -1.04. The fourth-order valence-corrected chi connectivity index (χ4v) is 7.21. The lowest BCUT2D eigenvalue weighted by Gasteiger charge is -2.42. The van der Waals surface area contributed by atoms with Crippen molar-refractivity contribution in [3.05, 3.63) is 114 Å². The van der Waals surface area contributed by atoms with Crippen molar-refractivity contribution in [3.8, 4) is 23.0 Å². The van der Waals surface area contributed by atoms with E-state index in [1.807, 2.05) is 18.2 Å². The number of hydrogen-bond acceptors (Lipinski definition) is 10. The van der Waals surface area contributed by atoms with Crippen LogP contribution in [-0.2, 0) is 25.5 Å². The molecule has 0 radical (unpaired) electrons. The Hall–Kier alpha value is -5.36. The van der Waals surface area contributed by atoms with Crippen molar-refractivity contribution in [2.75, 3.05) is 19.5 Å². The van der Waals surface area contributed by atoms with Gasteiger partial charge in [0.25, 0.3) is 5.56 Å². The zero-order valence-electron chi connectivity index (χ0n) is 26.8. The van der Waals surface area contributed by atoms with E-state index in [1.54, 1.807) is 44.4 Å². The summed E-state index contributed by atoms with van der Waals surface area (Å²) in [6.45, 7) is 1.92. The van der Waals surface area contributed by atoms with Crippen LogP contribution in [0.2, 0.25) is 5.02 Å². The van der Waals surface area contributed by atoms with E-state index < -0.39 is 40.3 Å². The second-order valence-corrected chi connectivity index (χ2v) is 12.4. The molecular formula is C35H31ClN4O8. The molecule has 2 aromatic heterocycles. The second-order valence-electron chi connectivity index (χ2n) is 12.0. The molecule has 3 aliphatic rings. The molecule has 4 heterocycles. The van der Waals surface area contributed by atoms with Crippen LogP contribution in [0.4, 0.5) is 5.82 Å². The van der Waals surface area contributed by atoms with E-state index in [0.717, 1.165) is 4.57 Å². The number of nitrogens with one attached hydrogen (secondary N) is 1. The number of carbonyl (C=O) groups is 2. The summed E-state index contributed by atoms with van der Waals surface area (Å²) in [4.78, 5) is 60.9. The van der Waals surface area contributed by atoms with E-state index in [0.29, 0.717) is 22.7 Å². The first kappa shape index (κ1) is 31.3. The number of rotatable bonds is 6. The van der Waals surface area contributed by atoms with Gasteiger partial charge in [-0.05, 0) is 36.2 Å². The topological polar surface area (TPSA) is 140 Å². The molecule has 1 spiro atoms. The summed E-state index contributed by atoms with van der Waals surface area (Å²) < 4.78 is 25.7. The van der Waals surface area contributed by atoms with E-state index in [4.69, 9.17) is 30.5 Å². The third-order valence-electron chi connectivity index (χ3n) is 9.38. The lowest BCUT2D eigenvalue weighted by molar-refractivity contribution is -0.130. The molecule has 0 bridgehead atoms. The number of Topliss-reactive ketones (excluding diaryl/α,β-unsaturated/α-hetero) is 2. The summed E-state index contributed by atoms with van der Waals surface area (Å²) in [6, 6.07) is 14.0. The minimum absolute atomic E-state index is 0.00827. The van der Waals surface area contributed by atoms with Crippen LogP contribution in [0.1, 0.15) is 46.4 Å². The van der Waals surface area contributed by atoms with Crippen molar-refractivity contribution in [2.45, 2.75) is 31.5 Å². The van der Waals surface area contributed by atoms with Crippen LogP contribution in [0.3, 0.4) is 0 Å². The first-order valence-corrected chi connectivity index (χ1v) is 15.6. The highest BCUT2D eigenvalue weighted by Crippen LogP contribution is 2.56. The molecule has 2 aromatic carbocycles. The van der Waals surface area contributed by atoms with Gasteiger partial charge >= 0.3 is 5.69 Å². The monoisotopic (exact) mass is 670 g/mol. The summed E-state index contributed by atoms with van der Waals surface area (Å²) in [6.07, 6.45) is 1.84. The molecule has 2 aliphatic heterocycles. The number of benzene rings is 2. The first-order chi connectivity index (χ1) is 23.0. The standard InChI is InChI=1S/C35H31ClN4O8/c1-17-13-21-25(30(41)35(17)31(42)26-22(45-4)15-23(46-5)28(36)29(26)48-35)24(27-32(38-21)39(2)34(44)40(3)33(27)43)18-9-8-11-20(14-18)47-16-19-10-6-7-12-37-19/h6-12,14-15,17,24,38H,13,16H2,1-5H3/t17-,24?,35+/m1/s1. The molecule has 13 heteroatoms. The van der Waals surface area contributed by atoms with Crippen molar-refractivity contribution in [1.29, 1.82) is 0 Å². The van der Waals surface area contributed by atoms with Crippen LogP contribution in [0, 0.1) is 5.92 Å².